The largest absolute Gasteiger partial charge is 0.285 e. The third-order valence-electron chi connectivity index (χ3n) is 1.31. The first kappa shape index (κ1) is 6.71. The Kier molecular flexibility index (Phi) is 1.65. The van der Waals surface area contributed by atoms with E-state index in [1.807, 2.05) is 6.08 Å². The highest BCUT2D eigenvalue weighted by Crippen LogP contribution is 1.99. The van der Waals surface area contributed by atoms with Gasteiger partial charge in [0, 0.05) is 11.8 Å². The summed E-state index contributed by atoms with van der Waals surface area (Å²) in [5.41, 5.74) is 0.972. The zero-order valence-corrected chi connectivity index (χ0v) is 6.10. The molecule has 0 aliphatic carbocycles. The molecule has 2 heterocycles. The maximum absolute atomic E-state index is 3.78. The zero-order valence-electron chi connectivity index (χ0n) is 6.10. The van der Waals surface area contributed by atoms with Crippen molar-refractivity contribution in [3.8, 4) is 0 Å². The van der Waals surface area contributed by atoms with Crippen molar-refractivity contribution in [3.63, 3.8) is 0 Å². The third kappa shape index (κ3) is 1.36. The molecule has 2 rings (SSSR count). The van der Waals surface area contributed by atoms with E-state index in [9.17, 15) is 0 Å². The van der Waals surface area contributed by atoms with Gasteiger partial charge in [0.15, 0.2) is 5.82 Å². The molecule has 0 unspecified atom stereocenters. The van der Waals surface area contributed by atoms with Crippen molar-refractivity contribution in [2.45, 2.75) is 0 Å². The van der Waals surface area contributed by atoms with E-state index in [0.29, 0.717) is 5.82 Å². The minimum absolute atomic E-state index is 0.552. The van der Waals surface area contributed by atoms with Crippen molar-refractivity contribution in [1.82, 2.24) is 30.8 Å². The van der Waals surface area contributed by atoms with Gasteiger partial charge in [-0.1, -0.05) is 0 Å². The van der Waals surface area contributed by atoms with Crippen LogP contribution < -0.4 is 0 Å². The van der Waals surface area contributed by atoms with Gasteiger partial charge in [0.1, 0.15) is 0 Å². The van der Waals surface area contributed by atoms with Crippen LogP contribution in [0.3, 0.4) is 0 Å². The number of tetrazole rings is 1. The third-order valence-corrected chi connectivity index (χ3v) is 1.31. The average Bonchev–Trinajstić information content (AvgIpc) is 2.74. The Labute approximate surface area is 67.7 Å². The van der Waals surface area contributed by atoms with Crippen LogP contribution in [-0.4, -0.2) is 30.8 Å². The van der Waals surface area contributed by atoms with E-state index < -0.39 is 0 Å². The molecule has 2 aromatic heterocycles. The van der Waals surface area contributed by atoms with Crippen LogP contribution in [0.25, 0.3) is 12.2 Å². The summed E-state index contributed by atoms with van der Waals surface area (Å²) in [5.74, 6) is 0.552. The summed E-state index contributed by atoms with van der Waals surface area (Å²) in [6.45, 7) is 0. The molecule has 0 spiro atoms. The molecule has 0 saturated heterocycles. The molecule has 0 bridgehead atoms. The summed E-state index contributed by atoms with van der Waals surface area (Å²) in [7, 11) is 0. The summed E-state index contributed by atoms with van der Waals surface area (Å²) in [5, 5.41) is 19.7. The van der Waals surface area contributed by atoms with Crippen molar-refractivity contribution < 1.29 is 0 Å². The van der Waals surface area contributed by atoms with Gasteiger partial charge in [-0.05, 0) is 17.4 Å². The molecule has 0 aliphatic heterocycles. The fraction of sp³-hybridized carbons (Fsp3) is 0. The summed E-state index contributed by atoms with van der Waals surface area (Å²) < 4.78 is 0. The van der Waals surface area contributed by atoms with Crippen LogP contribution in [0.5, 0.6) is 0 Å². The lowest BCUT2D eigenvalue weighted by Gasteiger charge is -1.78. The van der Waals surface area contributed by atoms with Gasteiger partial charge in [0.2, 0.25) is 0 Å². The highest BCUT2D eigenvalue weighted by atomic mass is 15.5. The Morgan fingerprint density at radius 3 is 3.00 bits per heavy atom. The molecule has 0 aliphatic rings. The predicted molar refractivity (Wildman–Crippen MR) is 41.7 cm³/mol. The number of hydrogen-bond acceptors (Lipinski definition) is 4. The molecule has 0 amide bonds. The lowest BCUT2D eigenvalue weighted by molar-refractivity contribution is 0.881. The predicted octanol–water partition coefficient (Wildman–Crippen LogP) is 0.0932. The molecule has 2 aromatic rings. The maximum Gasteiger partial charge on any atom is 0.197 e. The number of hydrogen-bond donors (Lipinski definition) is 2. The van der Waals surface area contributed by atoms with Crippen LogP contribution in [0.15, 0.2) is 12.4 Å². The summed E-state index contributed by atoms with van der Waals surface area (Å²) in [6.07, 6.45) is 7.07. The molecule has 0 atom stereocenters. The molecule has 12 heavy (non-hydrogen) atoms. The fourth-order valence-electron chi connectivity index (χ4n) is 0.763. The fourth-order valence-corrected chi connectivity index (χ4v) is 0.763. The van der Waals surface area contributed by atoms with Gasteiger partial charge < -0.3 is 0 Å². The minimum Gasteiger partial charge on any atom is -0.285 e. The van der Waals surface area contributed by atoms with Gasteiger partial charge >= 0.3 is 0 Å². The van der Waals surface area contributed by atoms with Gasteiger partial charge in [-0.15, -0.1) is 10.2 Å². The highest BCUT2D eigenvalue weighted by molar-refractivity contribution is 5.65. The first-order chi connectivity index (χ1) is 5.95. The van der Waals surface area contributed by atoms with Crippen LogP contribution >= 0.6 is 0 Å². The second-order valence-electron chi connectivity index (χ2n) is 2.13. The monoisotopic (exact) mass is 162 g/mol. The second kappa shape index (κ2) is 2.95. The Hall–Kier alpha value is -1.98. The number of H-pyrrole nitrogens is 2. The standard InChI is InChI=1S/C6H6N6/c1(5-3-7-8-4-5)2-6-9-11-12-10-6/h1-4H,(H,7,8)(H,9,10,11,12). The van der Waals surface area contributed by atoms with E-state index in [1.165, 1.54) is 0 Å². The second-order valence-corrected chi connectivity index (χ2v) is 2.13. The number of aromatic nitrogens is 6. The minimum atomic E-state index is 0.552. The van der Waals surface area contributed by atoms with Crippen LogP contribution in [0.1, 0.15) is 11.4 Å². The number of aromatic amines is 2. The van der Waals surface area contributed by atoms with Crippen LogP contribution in [-0.2, 0) is 0 Å². The lowest BCUT2D eigenvalue weighted by Crippen LogP contribution is -1.73. The maximum atomic E-state index is 3.78. The van der Waals surface area contributed by atoms with Gasteiger partial charge in [-0.2, -0.15) is 10.3 Å². The molecule has 0 radical (unpaired) electrons. The van der Waals surface area contributed by atoms with Crippen molar-refractivity contribution in [3.05, 3.63) is 23.8 Å². The SMILES string of the molecule is C(=Cc1nn[nH]n1)c1cn[nH]c1. The van der Waals surface area contributed by atoms with Gasteiger partial charge in [-0.25, -0.2) is 0 Å². The summed E-state index contributed by atoms with van der Waals surface area (Å²) in [4.78, 5) is 0. The lowest BCUT2D eigenvalue weighted by atomic mass is 10.3. The molecule has 0 fully saturated rings. The number of rotatable bonds is 2. The molecule has 60 valence electrons. The van der Waals surface area contributed by atoms with E-state index in [4.69, 9.17) is 0 Å². The van der Waals surface area contributed by atoms with E-state index in [-0.39, 0.29) is 0 Å². The molecule has 0 saturated carbocycles. The average molecular weight is 162 g/mol. The molecular weight excluding hydrogens is 156 g/mol. The van der Waals surface area contributed by atoms with Crippen molar-refractivity contribution in [1.29, 1.82) is 0 Å². The van der Waals surface area contributed by atoms with E-state index in [1.54, 1.807) is 18.5 Å². The Balaban J connectivity index is 2.14. The zero-order chi connectivity index (χ0) is 8.23. The van der Waals surface area contributed by atoms with E-state index in [2.05, 4.69) is 30.8 Å². The number of nitrogens with zero attached hydrogens (tertiary/aromatic N) is 4. The van der Waals surface area contributed by atoms with Crippen molar-refractivity contribution in [2.24, 2.45) is 0 Å². The summed E-state index contributed by atoms with van der Waals surface area (Å²) >= 11 is 0. The topological polar surface area (TPSA) is 83.1 Å². The molecule has 6 heteroatoms. The Bertz CT molecular complexity index is 309. The van der Waals surface area contributed by atoms with Crippen LogP contribution in [0, 0.1) is 0 Å². The first-order valence-corrected chi connectivity index (χ1v) is 3.35. The quantitative estimate of drug-likeness (QED) is 0.655. The normalized spacial score (nSPS) is 11.0. The van der Waals surface area contributed by atoms with Crippen LogP contribution in [0.4, 0.5) is 0 Å². The highest BCUT2D eigenvalue weighted by Gasteiger charge is 1.90. The van der Waals surface area contributed by atoms with E-state index in [0.717, 1.165) is 5.56 Å². The van der Waals surface area contributed by atoms with Gasteiger partial charge in [0.25, 0.3) is 0 Å². The van der Waals surface area contributed by atoms with Crippen molar-refractivity contribution in [2.75, 3.05) is 0 Å². The molecule has 0 aromatic carbocycles. The molecular formula is C6H6N6. The van der Waals surface area contributed by atoms with Crippen molar-refractivity contribution >= 4 is 12.2 Å². The molecule has 6 nitrogen and oxygen atoms in total. The Morgan fingerprint density at radius 2 is 2.33 bits per heavy atom. The van der Waals surface area contributed by atoms with Crippen LogP contribution in [0.2, 0.25) is 0 Å². The first-order valence-electron chi connectivity index (χ1n) is 3.35. The Morgan fingerprint density at radius 1 is 1.33 bits per heavy atom. The van der Waals surface area contributed by atoms with E-state index >= 15 is 0 Å². The van der Waals surface area contributed by atoms with Gasteiger partial charge in [0.05, 0.1) is 6.20 Å². The smallest absolute Gasteiger partial charge is 0.197 e. The summed E-state index contributed by atoms with van der Waals surface area (Å²) in [6, 6.07) is 0. The number of nitrogens with one attached hydrogen (secondary N) is 2. The van der Waals surface area contributed by atoms with Gasteiger partial charge in [-0.3, -0.25) is 5.10 Å². The molecule has 2 N–H and O–H groups in total.